The van der Waals surface area contributed by atoms with Gasteiger partial charge in [-0.25, -0.2) is 0 Å². The zero-order valence-electron chi connectivity index (χ0n) is 31.9. The summed E-state index contributed by atoms with van der Waals surface area (Å²) >= 11 is 0. The first-order valence-corrected chi connectivity index (χ1v) is 20.6. The third-order valence-corrected chi connectivity index (χ3v) is 9.74. The molecule has 50 heavy (non-hydrogen) atoms. The van der Waals surface area contributed by atoms with Crippen LogP contribution in [0.2, 0.25) is 0 Å². The molecular weight excluding hydrogens is 640 g/mol. The van der Waals surface area contributed by atoms with Gasteiger partial charge in [0.1, 0.15) is 31.0 Å². The van der Waals surface area contributed by atoms with Crippen LogP contribution in [0.25, 0.3) is 0 Å². The lowest BCUT2D eigenvalue weighted by molar-refractivity contribution is -0.305. The molecule has 0 aromatic carbocycles. The summed E-state index contributed by atoms with van der Waals surface area (Å²) in [6.07, 6.45) is 22.5. The van der Waals surface area contributed by atoms with E-state index in [1.807, 2.05) is 0 Å². The Hall–Kier alpha value is -1.30. The fourth-order valence-electron chi connectivity index (χ4n) is 6.42. The molecule has 0 aromatic heterocycles. The number of carbonyl (C=O) groups excluding carboxylic acids is 2. The molecule has 1 aliphatic heterocycles. The smallest absolute Gasteiger partial charge is 0.306 e. The van der Waals surface area contributed by atoms with E-state index < -0.39 is 49.4 Å². The molecule has 1 rings (SSSR count). The maximum Gasteiger partial charge on any atom is 0.306 e. The highest BCUT2D eigenvalue weighted by atomic mass is 16.7. The van der Waals surface area contributed by atoms with E-state index in [9.17, 15) is 30.0 Å². The lowest BCUT2D eigenvalue weighted by atomic mass is 9.99. The van der Waals surface area contributed by atoms with Crippen molar-refractivity contribution in [1.29, 1.82) is 0 Å². The van der Waals surface area contributed by atoms with Gasteiger partial charge in [0.15, 0.2) is 12.4 Å². The molecule has 4 N–H and O–H groups in total. The third-order valence-electron chi connectivity index (χ3n) is 9.74. The van der Waals surface area contributed by atoms with E-state index in [0.717, 1.165) is 38.5 Å². The van der Waals surface area contributed by atoms with Crippen molar-refractivity contribution in [3.63, 3.8) is 0 Å². The Morgan fingerprint density at radius 1 is 0.540 bits per heavy atom. The molecular formula is C40H76O10. The highest BCUT2D eigenvalue weighted by molar-refractivity contribution is 5.70. The molecule has 0 saturated carbocycles. The first-order valence-electron chi connectivity index (χ1n) is 20.6. The highest BCUT2D eigenvalue weighted by Gasteiger charge is 2.44. The van der Waals surface area contributed by atoms with Crippen LogP contribution >= 0.6 is 0 Å². The number of hydrogen-bond donors (Lipinski definition) is 4. The van der Waals surface area contributed by atoms with Gasteiger partial charge >= 0.3 is 11.9 Å². The number of ether oxygens (including phenoxy) is 4. The van der Waals surface area contributed by atoms with Gasteiger partial charge in [-0.3, -0.25) is 9.59 Å². The molecule has 296 valence electrons. The molecule has 1 fully saturated rings. The molecule has 1 saturated heterocycles. The van der Waals surface area contributed by atoms with Crippen LogP contribution in [0.1, 0.15) is 187 Å². The molecule has 0 spiro atoms. The van der Waals surface area contributed by atoms with Crippen molar-refractivity contribution in [2.75, 3.05) is 19.8 Å². The quantitative estimate of drug-likeness (QED) is 0.0383. The van der Waals surface area contributed by atoms with Gasteiger partial charge in [0.2, 0.25) is 0 Å². The van der Waals surface area contributed by atoms with Crippen LogP contribution in [0.15, 0.2) is 0 Å². The zero-order chi connectivity index (χ0) is 36.7. The highest BCUT2D eigenvalue weighted by Crippen LogP contribution is 2.23. The first-order chi connectivity index (χ1) is 24.3. The molecule has 10 nitrogen and oxygen atoms in total. The second-order valence-electron chi connectivity index (χ2n) is 14.5. The molecule has 0 bridgehead atoms. The van der Waals surface area contributed by atoms with Gasteiger partial charge in [0, 0.05) is 12.8 Å². The van der Waals surface area contributed by atoms with Crippen LogP contribution in [0.5, 0.6) is 0 Å². The summed E-state index contributed by atoms with van der Waals surface area (Å²) in [6.45, 7) is 3.42. The van der Waals surface area contributed by atoms with Crippen molar-refractivity contribution in [1.82, 2.24) is 0 Å². The number of aliphatic hydroxyl groups is 4. The Labute approximate surface area is 304 Å². The normalized spacial score (nSPS) is 21.3. The van der Waals surface area contributed by atoms with E-state index in [-0.39, 0.29) is 32.0 Å². The van der Waals surface area contributed by atoms with Crippen molar-refractivity contribution in [3.8, 4) is 0 Å². The zero-order valence-corrected chi connectivity index (χ0v) is 31.9. The molecule has 0 amide bonds. The van der Waals surface area contributed by atoms with E-state index >= 15 is 0 Å². The Kier molecular flexibility index (Phi) is 30.2. The number of aliphatic hydroxyl groups excluding tert-OH is 4. The minimum absolute atomic E-state index is 0.209. The molecule has 2 unspecified atom stereocenters. The average molecular weight is 717 g/mol. The maximum absolute atomic E-state index is 12.7. The second kappa shape index (κ2) is 32.4. The van der Waals surface area contributed by atoms with Crippen LogP contribution in [0.3, 0.4) is 0 Å². The summed E-state index contributed by atoms with van der Waals surface area (Å²) in [6, 6.07) is 0. The van der Waals surface area contributed by atoms with Gasteiger partial charge < -0.3 is 39.4 Å². The van der Waals surface area contributed by atoms with Crippen molar-refractivity contribution in [2.24, 2.45) is 0 Å². The van der Waals surface area contributed by atoms with Gasteiger partial charge in [-0.05, 0) is 12.8 Å². The summed E-state index contributed by atoms with van der Waals surface area (Å²) in [5, 5.41) is 39.9. The molecule has 1 heterocycles. The van der Waals surface area contributed by atoms with Gasteiger partial charge in [-0.2, -0.15) is 0 Å². The van der Waals surface area contributed by atoms with E-state index in [1.165, 1.54) is 116 Å². The topological polar surface area (TPSA) is 152 Å². The monoisotopic (exact) mass is 717 g/mol. The fraction of sp³-hybridized carbons (Fsp3) is 0.950. The van der Waals surface area contributed by atoms with Crippen molar-refractivity contribution < 1.29 is 49.0 Å². The Morgan fingerprint density at radius 3 is 1.36 bits per heavy atom. The van der Waals surface area contributed by atoms with Crippen LogP contribution in [-0.2, 0) is 28.5 Å². The minimum atomic E-state index is -1.59. The predicted octanol–water partition coefficient (Wildman–Crippen LogP) is 7.83. The second-order valence-corrected chi connectivity index (χ2v) is 14.5. The fourth-order valence-corrected chi connectivity index (χ4v) is 6.42. The summed E-state index contributed by atoms with van der Waals surface area (Å²) < 4.78 is 22.1. The Bertz CT molecular complexity index is 794. The van der Waals surface area contributed by atoms with Gasteiger partial charge in [0.05, 0.1) is 13.2 Å². The van der Waals surface area contributed by atoms with Crippen LogP contribution in [-0.4, -0.2) is 89.0 Å². The lowest BCUT2D eigenvalue weighted by Gasteiger charge is -2.39. The summed E-state index contributed by atoms with van der Waals surface area (Å²) in [5.41, 5.74) is 0. The number of rotatable bonds is 34. The van der Waals surface area contributed by atoms with Crippen molar-refractivity contribution >= 4 is 11.9 Å². The number of hydrogen-bond acceptors (Lipinski definition) is 10. The molecule has 0 aliphatic carbocycles. The summed E-state index contributed by atoms with van der Waals surface area (Å²) in [5.74, 6) is -0.797. The average Bonchev–Trinajstić information content (AvgIpc) is 3.11. The number of carbonyl (C=O) groups is 2. The largest absolute Gasteiger partial charge is 0.462 e. The first kappa shape index (κ1) is 46.7. The van der Waals surface area contributed by atoms with Crippen molar-refractivity contribution in [3.05, 3.63) is 0 Å². The maximum atomic E-state index is 12.7. The standard InChI is InChI=1S/C40H76O10/c1-3-5-7-9-11-13-15-16-17-19-20-22-24-26-28-35(42)47-31-33(32-48-40-39(46)38(45)37(44)34(30-41)50-40)49-36(43)29-27-25-23-21-18-14-12-10-8-6-4-2/h33-34,37-41,44-46H,3-32H2,1-2H3/t33-,34-,37+,38?,39?,40-/m0/s1. The minimum Gasteiger partial charge on any atom is -0.462 e. The lowest BCUT2D eigenvalue weighted by Crippen LogP contribution is -2.59. The van der Waals surface area contributed by atoms with Gasteiger partial charge in [-0.1, -0.05) is 162 Å². The van der Waals surface area contributed by atoms with Crippen LogP contribution in [0, 0.1) is 0 Å². The van der Waals surface area contributed by atoms with E-state index in [0.29, 0.717) is 6.42 Å². The van der Waals surface area contributed by atoms with Crippen molar-refractivity contribution in [2.45, 2.75) is 224 Å². The molecule has 6 atom stereocenters. The van der Waals surface area contributed by atoms with Crippen LogP contribution < -0.4 is 0 Å². The van der Waals surface area contributed by atoms with E-state index in [2.05, 4.69) is 13.8 Å². The number of esters is 2. The Balaban J connectivity index is 2.35. The van der Waals surface area contributed by atoms with E-state index in [4.69, 9.17) is 18.9 Å². The third kappa shape index (κ3) is 24.0. The van der Waals surface area contributed by atoms with Crippen LogP contribution in [0.4, 0.5) is 0 Å². The summed E-state index contributed by atoms with van der Waals surface area (Å²) in [4.78, 5) is 25.2. The van der Waals surface area contributed by atoms with E-state index in [1.54, 1.807) is 0 Å². The summed E-state index contributed by atoms with van der Waals surface area (Å²) in [7, 11) is 0. The van der Waals surface area contributed by atoms with Gasteiger partial charge in [-0.15, -0.1) is 0 Å². The van der Waals surface area contributed by atoms with Gasteiger partial charge in [0.25, 0.3) is 0 Å². The SMILES string of the molecule is CCCCCCCCCCCCCCCCC(=O)OC[C@@H](CO[C@H]1O[C@@H](CO)[C@@H](O)C(O)C1O)OC(=O)CCCCCCCCCCCCC. The molecule has 10 heteroatoms. The molecule has 0 aromatic rings. The molecule has 0 radical (unpaired) electrons. The predicted molar refractivity (Wildman–Crippen MR) is 197 cm³/mol. The Morgan fingerprint density at radius 2 is 0.940 bits per heavy atom. The number of unbranched alkanes of at least 4 members (excludes halogenated alkanes) is 23. The molecule has 1 aliphatic rings.